The van der Waals surface area contributed by atoms with E-state index in [9.17, 15) is 9.18 Å². The molecule has 0 radical (unpaired) electrons. The maximum atomic E-state index is 12.7. The summed E-state index contributed by atoms with van der Waals surface area (Å²) in [5.74, 6) is -0.340. The van der Waals surface area contributed by atoms with Crippen molar-refractivity contribution in [2.75, 3.05) is 6.54 Å². The topological polar surface area (TPSA) is 54.0 Å². The molecule has 0 aliphatic heterocycles. The highest BCUT2D eigenvalue weighted by Gasteiger charge is 2.01. The Hall–Kier alpha value is -2.27. The van der Waals surface area contributed by atoms with E-state index in [1.54, 1.807) is 24.5 Å². The molecule has 0 aliphatic carbocycles. The Labute approximate surface area is 117 Å². The second-order valence-corrected chi connectivity index (χ2v) is 4.36. The van der Waals surface area contributed by atoms with Crippen molar-refractivity contribution in [1.82, 2.24) is 15.6 Å². The molecule has 1 heterocycles. The lowest BCUT2D eigenvalue weighted by molar-refractivity contribution is -0.120. The lowest BCUT2D eigenvalue weighted by Gasteiger charge is -2.07. The van der Waals surface area contributed by atoms with Gasteiger partial charge in [-0.15, -0.1) is 0 Å². The molecular formula is C15H16FN3O. The summed E-state index contributed by atoms with van der Waals surface area (Å²) in [4.78, 5) is 15.5. The summed E-state index contributed by atoms with van der Waals surface area (Å²) in [5.41, 5.74) is 1.94. The minimum atomic E-state index is -0.260. The summed E-state index contributed by atoms with van der Waals surface area (Å²) in [6, 6.07) is 9.90. The first-order chi connectivity index (χ1) is 9.74. The summed E-state index contributed by atoms with van der Waals surface area (Å²) in [5, 5.41) is 5.82. The quantitative estimate of drug-likeness (QED) is 0.841. The van der Waals surface area contributed by atoms with E-state index in [4.69, 9.17) is 0 Å². The fourth-order valence-electron chi connectivity index (χ4n) is 1.69. The number of pyridine rings is 1. The summed E-state index contributed by atoms with van der Waals surface area (Å²) in [6.07, 6.45) is 3.38. The number of aromatic nitrogens is 1. The zero-order valence-corrected chi connectivity index (χ0v) is 11.0. The number of carbonyl (C=O) groups is 1. The minimum absolute atomic E-state index is 0.0797. The van der Waals surface area contributed by atoms with Gasteiger partial charge in [0.1, 0.15) is 5.82 Å². The Morgan fingerprint density at radius 2 is 1.65 bits per heavy atom. The van der Waals surface area contributed by atoms with Gasteiger partial charge in [-0.3, -0.25) is 9.78 Å². The lowest BCUT2D eigenvalue weighted by atomic mass is 10.2. The highest BCUT2D eigenvalue weighted by molar-refractivity contribution is 5.77. The molecule has 1 aromatic heterocycles. The number of halogens is 1. The molecule has 0 fully saturated rings. The zero-order valence-electron chi connectivity index (χ0n) is 11.0. The molecule has 0 saturated carbocycles. The first-order valence-electron chi connectivity index (χ1n) is 6.35. The first kappa shape index (κ1) is 14.1. The predicted octanol–water partition coefficient (Wildman–Crippen LogP) is 1.63. The average Bonchev–Trinajstić information content (AvgIpc) is 2.48. The van der Waals surface area contributed by atoms with Crippen LogP contribution in [-0.4, -0.2) is 17.4 Å². The number of nitrogens with zero attached hydrogens (tertiary/aromatic N) is 1. The van der Waals surface area contributed by atoms with Gasteiger partial charge in [0.15, 0.2) is 0 Å². The van der Waals surface area contributed by atoms with Gasteiger partial charge >= 0.3 is 0 Å². The fraction of sp³-hybridized carbons (Fsp3) is 0.200. The predicted molar refractivity (Wildman–Crippen MR) is 74.2 cm³/mol. The molecule has 2 N–H and O–H groups in total. The van der Waals surface area contributed by atoms with Gasteiger partial charge in [-0.25, -0.2) is 4.39 Å². The lowest BCUT2D eigenvalue weighted by Crippen LogP contribution is -2.33. The fourth-order valence-corrected chi connectivity index (χ4v) is 1.69. The van der Waals surface area contributed by atoms with Crippen molar-refractivity contribution in [3.8, 4) is 0 Å². The molecule has 0 spiro atoms. The van der Waals surface area contributed by atoms with Gasteiger partial charge in [-0.1, -0.05) is 12.1 Å². The van der Waals surface area contributed by atoms with Crippen LogP contribution >= 0.6 is 0 Å². The third-order valence-electron chi connectivity index (χ3n) is 2.77. The summed E-state index contributed by atoms with van der Waals surface area (Å²) in [6.45, 7) is 1.24. The molecule has 0 saturated heterocycles. The zero-order chi connectivity index (χ0) is 14.2. The van der Waals surface area contributed by atoms with Crippen LogP contribution in [0.3, 0.4) is 0 Å². The van der Waals surface area contributed by atoms with E-state index >= 15 is 0 Å². The van der Waals surface area contributed by atoms with Crippen LogP contribution in [0.5, 0.6) is 0 Å². The second kappa shape index (κ2) is 7.35. The molecule has 2 rings (SSSR count). The molecule has 0 bridgehead atoms. The largest absolute Gasteiger partial charge is 0.351 e. The van der Waals surface area contributed by atoms with Crippen LogP contribution in [0.25, 0.3) is 0 Å². The van der Waals surface area contributed by atoms with Crippen molar-refractivity contribution < 1.29 is 9.18 Å². The van der Waals surface area contributed by atoms with Crippen molar-refractivity contribution in [3.63, 3.8) is 0 Å². The van der Waals surface area contributed by atoms with Crippen LogP contribution in [0.2, 0.25) is 0 Å². The normalized spacial score (nSPS) is 10.2. The number of hydrogen-bond acceptors (Lipinski definition) is 3. The van der Waals surface area contributed by atoms with Crippen LogP contribution in [0.4, 0.5) is 4.39 Å². The highest BCUT2D eigenvalue weighted by Crippen LogP contribution is 2.01. The standard InChI is InChI=1S/C15H16FN3O/c16-14-3-1-12(2-4-14)9-18-11-15(20)19-10-13-5-7-17-8-6-13/h1-8,18H,9-11H2,(H,19,20). The van der Waals surface area contributed by atoms with Gasteiger partial charge in [0.05, 0.1) is 6.54 Å². The Bertz CT molecular complexity index is 543. The average molecular weight is 273 g/mol. The molecule has 104 valence electrons. The van der Waals surface area contributed by atoms with Gasteiger partial charge < -0.3 is 10.6 Å². The Morgan fingerprint density at radius 3 is 2.35 bits per heavy atom. The van der Waals surface area contributed by atoms with Crippen LogP contribution in [0.1, 0.15) is 11.1 Å². The van der Waals surface area contributed by atoms with Gasteiger partial charge in [0.2, 0.25) is 5.91 Å². The van der Waals surface area contributed by atoms with Gasteiger partial charge in [-0.05, 0) is 35.4 Å². The van der Waals surface area contributed by atoms with E-state index in [2.05, 4.69) is 15.6 Å². The third kappa shape index (κ3) is 4.78. The SMILES string of the molecule is O=C(CNCc1ccc(F)cc1)NCc1ccncc1. The number of carbonyl (C=O) groups excluding carboxylic acids is 1. The molecule has 0 unspecified atom stereocenters. The molecule has 0 atom stereocenters. The van der Waals surface area contributed by atoms with Crippen LogP contribution < -0.4 is 10.6 Å². The Morgan fingerprint density at radius 1 is 1.00 bits per heavy atom. The summed E-state index contributed by atoms with van der Waals surface area (Å²) >= 11 is 0. The van der Waals surface area contributed by atoms with E-state index in [0.717, 1.165) is 11.1 Å². The van der Waals surface area contributed by atoms with Crippen molar-refractivity contribution >= 4 is 5.91 Å². The van der Waals surface area contributed by atoms with E-state index in [-0.39, 0.29) is 18.3 Å². The summed E-state index contributed by atoms with van der Waals surface area (Å²) in [7, 11) is 0. The van der Waals surface area contributed by atoms with E-state index in [1.807, 2.05) is 12.1 Å². The molecule has 1 aromatic carbocycles. The number of benzene rings is 1. The van der Waals surface area contributed by atoms with Crippen molar-refractivity contribution in [2.24, 2.45) is 0 Å². The monoisotopic (exact) mass is 273 g/mol. The Balaban J connectivity index is 1.66. The molecular weight excluding hydrogens is 257 g/mol. The van der Waals surface area contributed by atoms with Crippen molar-refractivity contribution in [3.05, 3.63) is 65.7 Å². The molecule has 1 amide bonds. The maximum absolute atomic E-state index is 12.7. The molecule has 0 aliphatic rings. The smallest absolute Gasteiger partial charge is 0.234 e. The maximum Gasteiger partial charge on any atom is 0.234 e. The second-order valence-electron chi connectivity index (χ2n) is 4.36. The van der Waals surface area contributed by atoms with Crippen LogP contribution in [0.15, 0.2) is 48.8 Å². The number of rotatable bonds is 6. The number of amides is 1. The first-order valence-corrected chi connectivity index (χ1v) is 6.35. The highest BCUT2D eigenvalue weighted by atomic mass is 19.1. The van der Waals surface area contributed by atoms with Gasteiger partial charge in [0, 0.05) is 25.5 Å². The van der Waals surface area contributed by atoms with E-state index in [1.165, 1.54) is 12.1 Å². The van der Waals surface area contributed by atoms with Crippen molar-refractivity contribution in [1.29, 1.82) is 0 Å². The van der Waals surface area contributed by atoms with Gasteiger partial charge in [-0.2, -0.15) is 0 Å². The van der Waals surface area contributed by atoms with E-state index < -0.39 is 0 Å². The third-order valence-corrected chi connectivity index (χ3v) is 2.77. The van der Waals surface area contributed by atoms with Crippen molar-refractivity contribution in [2.45, 2.75) is 13.1 Å². The summed E-state index contributed by atoms with van der Waals surface area (Å²) < 4.78 is 12.7. The molecule has 20 heavy (non-hydrogen) atoms. The van der Waals surface area contributed by atoms with Gasteiger partial charge in [0.25, 0.3) is 0 Å². The number of nitrogens with one attached hydrogen (secondary N) is 2. The molecule has 5 heteroatoms. The number of hydrogen-bond donors (Lipinski definition) is 2. The van der Waals surface area contributed by atoms with E-state index in [0.29, 0.717) is 13.1 Å². The van der Waals surface area contributed by atoms with Crippen LogP contribution in [0, 0.1) is 5.82 Å². The van der Waals surface area contributed by atoms with Crippen LogP contribution in [-0.2, 0) is 17.9 Å². The molecule has 2 aromatic rings. The molecule has 4 nitrogen and oxygen atoms in total. The Kier molecular flexibility index (Phi) is 5.20. The minimum Gasteiger partial charge on any atom is -0.351 e.